The molecule has 1 aliphatic heterocycles. The first kappa shape index (κ1) is 16.7. The Labute approximate surface area is 129 Å². The standard InChI is InChI=1S/C17H31N3O/c1-3-10-19-17(4-2,14-18)9-6-11-20-12-13-21-16-8-5-7-15(16)20/h15-16,19H,3-13H2,1-2H3. The fourth-order valence-corrected chi connectivity index (χ4v) is 3.80. The van der Waals surface area contributed by atoms with Crippen LogP contribution in [0.3, 0.4) is 0 Å². The van der Waals surface area contributed by atoms with Crippen molar-refractivity contribution in [3.05, 3.63) is 0 Å². The van der Waals surface area contributed by atoms with Gasteiger partial charge in [0.25, 0.3) is 0 Å². The topological polar surface area (TPSA) is 48.3 Å². The molecule has 4 nitrogen and oxygen atoms in total. The number of ether oxygens (including phenoxy) is 1. The molecule has 1 saturated heterocycles. The lowest BCUT2D eigenvalue weighted by Crippen LogP contribution is -2.49. The molecule has 0 radical (unpaired) electrons. The third kappa shape index (κ3) is 4.18. The van der Waals surface area contributed by atoms with E-state index in [2.05, 4.69) is 30.1 Å². The number of fused-ring (bicyclic) bond motifs is 1. The van der Waals surface area contributed by atoms with Crippen molar-refractivity contribution in [1.29, 1.82) is 5.26 Å². The van der Waals surface area contributed by atoms with Crippen LogP contribution in [0.25, 0.3) is 0 Å². The molecule has 1 N–H and O–H groups in total. The molecule has 0 amide bonds. The van der Waals surface area contributed by atoms with Gasteiger partial charge in [0, 0.05) is 12.6 Å². The van der Waals surface area contributed by atoms with Crippen molar-refractivity contribution < 1.29 is 4.74 Å². The van der Waals surface area contributed by atoms with E-state index in [1.807, 2.05) is 0 Å². The molecule has 2 aliphatic rings. The third-order valence-corrected chi connectivity index (χ3v) is 5.18. The van der Waals surface area contributed by atoms with Gasteiger partial charge >= 0.3 is 0 Å². The number of morpholine rings is 1. The van der Waals surface area contributed by atoms with Crippen molar-refractivity contribution in [2.24, 2.45) is 0 Å². The molecule has 2 fully saturated rings. The number of hydrogen-bond donors (Lipinski definition) is 1. The minimum Gasteiger partial charge on any atom is -0.375 e. The fourth-order valence-electron chi connectivity index (χ4n) is 3.80. The van der Waals surface area contributed by atoms with E-state index in [1.54, 1.807) is 0 Å². The van der Waals surface area contributed by atoms with Gasteiger partial charge in [-0.3, -0.25) is 10.2 Å². The highest BCUT2D eigenvalue weighted by molar-refractivity contribution is 5.06. The van der Waals surface area contributed by atoms with Crippen LogP contribution in [0.1, 0.15) is 58.8 Å². The van der Waals surface area contributed by atoms with Crippen molar-refractivity contribution in [3.63, 3.8) is 0 Å². The Morgan fingerprint density at radius 3 is 2.95 bits per heavy atom. The smallest absolute Gasteiger partial charge is 0.106 e. The lowest BCUT2D eigenvalue weighted by atomic mass is 9.91. The van der Waals surface area contributed by atoms with Crippen molar-refractivity contribution in [3.8, 4) is 6.07 Å². The van der Waals surface area contributed by atoms with Gasteiger partial charge in [-0.25, -0.2) is 0 Å². The minimum atomic E-state index is -0.322. The van der Waals surface area contributed by atoms with Gasteiger partial charge in [0.15, 0.2) is 0 Å². The van der Waals surface area contributed by atoms with Crippen molar-refractivity contribution in [2.75, 3.05) is 26.2 Å². The van der Waals surface area contributed by atoms with E-state index in [0.717, 1.165) is 51.9 Å². The summed E-state index contributed by atoms with van der Waals surface area (Å²) in [7, 11) is 0. The SMILES string of the molecule is CCCNC(C#N)(CC)CCCN1CCOC2CCCC21. The Kier molecular flexibility index (Phi) is 6.47. The van der Waals surface area contributed by atoms with E-state index >= 15 is 0 Å². The van der Waals surface area contributed by atoms with Crippen molar-refractivity contribution in [1.82, 2.24) is 10.2 Å². The Hall–Kier alpha value is -0.630. The molecule has 21 heavy (non-hydrogen) atoms. The summed E-state index contributed by atoms with van der Waals surface area (Å²) < 4.78 is 5.87. The quantitative estimate of drug-likeness (QED) is 0.747. The highest BCUT2D eigenvalue weighted by Crippen LogP contribution is 2.30. The largest absolute Gasteiger partial charge is 0.375 e. The van der Waals surface area contributed by atoms with Crippen LogP contribution in [0.4, 0.5) is 0 Å². The highest BCUT2D eigenvalue weighted by atomic mass is 16.5. The third-order valence-electron chi connectivity index (χ3n) is 5.18. The summed E-state index contributed by atoms with van der Waals surface area (Å²) in [5.74, 6) is 0. The lowest BCUT2D eigenvalue weighted by molar-refractivity contribution is -0.0561. The maximum atomic E-state index is 9.54. The van der Waals surface area contributed by atoms with Gasteiger partial charge in [0.05, 0.1) is 18.8 Å². The van der Waals surface area contributed by atoms with Crippen molar-refractivity contribution >= 4 is 0 Å². The molecule has 1 aliphatic carbocycles. The first-order valence-electron chi connectivity index (χ1n) is 8.76. The summed E-state index contributed by atoms with van der Waals surface area (Å²) in [6, 6.07) is 3.17. The second-order valence-corrected chi connectivity index (χ2v) is 6.52. The fraction of sp³-hybridized carbons (Fsp3) is 0.941. The number of nitriles is 1. The van der Waals surface area contributed by atoms with Gasteiger partial charge < -0.3 is 4.74 Å². The molecule has 1 heterocycles. The van der Waals surface area contributed by atoms with Gasteiger partial charge in [0.2, 0.25) is 0 Å². The zero-order valence-electron chi connectivity index (χ0n) is 13.7. The molecule has 120 valence electrons. The molecular formula is C17H31N3O. The summed E-state index contributed by atoms with van der Waals surface area (Å²) in [5, 5.41) is 13.0. The highest BCUT2D eigenvalue weighted by Gasteiger charge is 2.36. The predicted octanol–water partition coefficient (Wildman–Crippen LogP) is 2.69. The number of hydrogen-bond acceptors (Lipinski definition) is 4. The molecule has 0 spiro atoms. The number of nitrogens with zero attached hydrogens (tertiary/aromatic N) is 2. The van der Waals surface area contributed by atoms with E-state index in [1.165, 1.54) is 19.3 Å². The van der Waals surface area contributed by atoms with E-state index in [9.17, 15) is 5.26 Å². The van der Waals surface area contributed by atoms with Crippen LogP contribution >= 0.6 is 0 Å². The molecule has 0 aromatic rings. The summed E-state index contributed by atoms with van der Waals surface area (Å²) in [4.78, 5) is 2.61. The Morgan fingerprint density at radius 1 is 1.38 bits per heavy atom. The summed E-state index contributed by atoms with van der Waals surface area (Å²) in [6.07, 6.45) is 8.32. The van der Waals surface area contributed by atoms with Crippen LogP contribution in [0.15, 0.2) is 0 Å². The van der Waals surface area contributed by atoms with Crippen LogP contribution < -0.4 is 5.32 Å². The summed E-state index contributed by atoms with van der Waals surface area (Å²) >= 11 is 0. The average molecular weight is 293 g/mol. The molecular weight excluding hydrogens is 262 g/mol. The van der Waals surface area contributed by atoms with Crippen LogP contribution in [0.2, 0.25) is 0 Å². The monoisotopic (exact) mass is 293 g/mol. The van der Waals surface area contributed by atoms with Gasteiger partial charge in [-0.1, -0.05) is 13.8 Å². The molecule has 0 bridgehead atoms. The molecule has 3 atom stereocenters. The number of rotatable bonds is 8. The second kappa shape index (κ2) is 8.12. The van der Waals surface area contributed by atoms with Gasteiger partial charge in [-0.2, -0.15) is 5.26 Å². The van der Waals surface area contributed by atoms with Crippen LogP contribution in [-0.2, 0) is 4.74 Å². The van der Waals surface area contributed by atoms with Gasteiger partial charge in [0.1, 0.15) is 5.54 Å². The van der Waals surface area contributed by atoms with Crippen LogP contribution in [-0.4, -0.2) is 48.8 Å². The van der Waals surface area contributed by atoms with E-state index < -0.39 is 0 Å². The van der Waals surface area contributed by atoms with Gasteiger partial charge in [-0.05, 0) is 58.0 Å². The summed E-state index contributed by atoms with van der Waals surface area (Å²) in [6.45, 7) is 8.26. The van der Waals surface area contributed by atoms with E-state index in [-0.39, 0.29) is 5.54 Å². The average Bonchev–Trinajstić information content (AvgIpc) is 3.00. The van der Waals surface area contributed by atoms with E-state index in [4.69, 9.17) is 4.74 Å². The zero-order chi connectivity index (χ0) is 15.1. The first-order valence-corrected chi connectivity index (χ1v) is 8.76. The minimum absolute atomic E-state index is 0.322. The lowest BCUT2D eigenvalue weighted by Gasteiger charge is -2.38. The molecule has 1 saturated carbocycles. The molecule has 3 unspecified atom stereocenters. The van der Waals surface area contributed by atoms with Crippen LogP contribution in [0, 0.1) is 11.3 Å². The Balaban J connectivity index is 1.80. The van der Waals surface area contributed by atoms with Gasteiger partial charge in [-0.15, -0.1) is 0 Å². The maximum Gasteiger partial charge on any atom is 0.106 e. The normalized spacial score (nSPS) is 28.8. The molecule has 0 aromatic heterocycles. The summed E-state index contributed by atoms with van der Waals surface area (Å²) in [5.41, 5.74) is -0.322. The second-order valence-electron chi connectivity index (χ2n) is 6.52. The predicted molar refractivity (Wildman–Crippen MR) is 85.1 cm³/mol. The van der Waals surface area contributed by atoms with Crippen molar-refractivity contribution in [2.45, 2.75) is 76.5 Å². The first-order chi connectivity index (χ1) is 10.2. The van der Waals surface area contributed by atoms with Crippen LogP contribution in [0.5, 0.6) is 0 Å². The van der Waals surface area contributed by atoms with E-state index in [0.29, 0.717) is 12.1 Å². The Bertz CT molecular complexity index is 354. The molecule has 0 aromatic carbocycles. The molecule has 2 rings (SSSR count). The maximum absolute atomic E-state index is 9.54. The zero-order valence-corrected chi connectivity index (χ0v) is 13.7. The number of nitrogens with one attached hydrogen (secondary N) is 1. The molecule has 4 heteroatoms. The Morgan fingerprint density at radius 2 is 2.24 bits per heavy atom.